The molecular formula is C14H14FN3O. The molecule has 1 aromatic heterocycles. The van der Waals surface area contributed by atoms with Gasteiger partial charge in [-0.05, 0) is 37.6 Å². The smallest absolute Gasteiger partial charge is 0.230 e. The maximum absolute atomic E-state index is 13.5. The van der Waals surface area contributed by atoms with Crippen LogP contribution in [0.15, 0.2) is 30.3 Å². The second kappa shape index (κ2) is 5.06. The second-order valence-electron chi connectivity index (χ2n) is 4.23. The number of hydrogen-bond donors (Lipinski definition) is 2. The van der Waals surface area contributed by atoms with Crippen molar-refractivity contribution >= 4 is 5.84 Å². The molecule has 0 aliphatic rings. The number of nitrogens with two attached hydrogens (primary N) is 1. The van der Waals surface area contributed by atoms with Crippen LogP contribution in [0, 0.1) is 25.1 Å². The van der Waals surface area contributed by atoms with Crippen LogP contribution in [0.3, 0.4) is 0 Å². The van der Waals surface area contributed by atoms with Crippen molar-refractivity contribution in [3.05, 3.63) is 53.0 Å². The summed E-state index contributed by atoms with van der Waals surface area (Å²) in [4.78, 5) is 4.18. The number of nitrogens with zero attached hydrogens (tertiary/aromatic N) is 1. The van der Waals surface area contributed by atoms with E-state index in [9.17, 15) is 4.39 Å². The van der Waals surface area contributed by atoms with Crippen molar-refractivity contribution in [3.63, 3.8) is 0 Å². The number of benzene rings is 1. The van der Waals surface area contributed by atoms with Gasteiger partial charge in [0.25, 0.3) is 0 Å². The second-order valence-corrected chi connectivity index (χ2v) is 4.23. The third-order valence-electron chi connectivity index (χ3n) is 2.65. The summed E-state index contributed by atoms with van der Waals surface area (Å²) >= 11 is 0. The number of nitrogen functional groups attached to an aromatic ring is 1. The zero-order chi connectivity index (χ0) is 14.0. The van der Waals surface area contributed by atoms with Crippen molar-refractivity contribution in [2.45, 2.75) is 13.8 Å². The van der Waals surface area contributed by atoms with Gasteiger partial charge in [0, 0.05) is 11.8 Å². The zero-order valence-corrected chi connectivity index (χ0v) is 10.7. The maximum atomic E-state index is 13.5. The first kappa shape index (κ1) is 13.0. The van der Waals surface area contributed by atoms with Crippen LogP contribution in [-0.4, -0.2) is 10.8 Å². The number of amidine groups is 1. The molecule has 1 heterocycles. The van der Waals surface area contributed by atoms with Crippen molar-refractivity contribution in [3.8, 4) is 11.6 Å². The number of nitrogens with one attached hydrogen (secondary N) is 1. The lowest BCUT2D eigenvalue weighted by molar-refractivity contribution is 0.455. The lowest BCUT2D eigenvalue weighted by atomic mass is 10.2. The average Bonchev–Trinajstić information content (AvgIpc) is 2.33. The molecule has 19 heavy (non-hydrogen) atoms. The number of rotatable bonds is 3. The van der Waals surface area contributed by atoms with Gasteiger partial charge in [0.1, 0.15) is 17.4 Å². The van der Waals surface area contributed by atoms with Crippen LogP contribution >= 0.6 is 0 Å². The van der Waals surface area contributed by atoms with E-state index in [-0.39, 0.29) is 17.5 Å². The van der Waals surface area contributed by atoms with Crippen LogP contribution in [0.1, 0.15) is 16.8 Å². The predicted molar refractivity (Wildman–Crippen MR) is 71.2 cm³/mol. The fourth-order valence-corrected chi connectivity index (χ4v) is 1.56. The van der Waals surface area contributed by atoms with Gasteiger partial charge >= 0.3 is 0 Å². The molecule has 0 radical (unpaired) electrons. The number of ether oxygens (including phenoxy) is 1. The molecule has 0 fully saturated rings. The maximum Gasteiger partial charge on any atom is 0.230 e. The van der Waals surface area contributed by atoms with Crippen LogP contribution < -0.4 is 10.5 Å². The number of hydrogen-bond acceptors (Lipinski definition) is 3. The first-order chi connectivity index (χ1) is 8.97. The minimum Gasteiger partial charge on any atom is -0.438 e. The molecule has 1 aromatic carbocycles. The van der Waals surface area contributed by atoms with Crippen molar-refractivity contribution in [2.24, 2.45) is 5.73 Å². The van der Waals surface area contributed by atoms with Gasteiger partial charge < -0.3 is 10.5 Å². The molecule has 0 bridgehead atoms. The summed E-state index contributed by atoms with van der Waals surface area (Å²) < 4.78 is 19.0. The molecule has 0 aliphatic carbocycles. The van der Waals surface area contributed by atoms with Gasteiger partial charge in [0.2, 0.25) is 5.88 Å². The van der Waals surface area contributed by atoms with Gasteiger partial charge in [-0.2, -0.15) is 0 Å². The summed E-state index contributed by atoms with van der Waals surface area (Å²) in [5.74, 6) is 0.0315. The molecule has 0 saturated carbocycles. The molecule has 4 nitrogen and oxygen atoms in total. The predicted octanol–water partition coefficient (Wildman–Crippen LogP) is 2.91. The van der Waals surface area contributed by atoms with Crippen molar-refractivity contribution in [1.82, 2.24) is 4.98 Å². The van der Waals surface area contributed by atoms with Gasteiger partial charge in [0.15, 0.2) is 0 Å². The van der Waals surface area contributed by atoms with Gasteiger partial charge in [-0.3, -0.25) is 5.41 Å². The van der Waals surface area contributed by atoms with E-state index >= 15 is 0 Å². The third-order valence-corrected chi connectivity index (χ3v) is 2.65. The van der Waals surface area contributed by atoms with Crippen molar-refractivity contribution in [2.75, 3.05) is 0 Å². The molecule has 0 atom stereocenters. The molecule has 0 spiro atoms. The highest BCUT2D eigenvalue weighted by molar-refractivity contribution is 5.97. The molecule has 3 N–H and O–H groups in total. The Hall–Kier alpha value is -2.43. The highest BCUT2D eigenvalue weighted by Gasteiger charge is 2.10. The van der Waals surface area contributed by atoms with E-state index in [1.165, 1.54) is 6.07 Å². The Labute approximate surface area is 110 Å². The summed E-state index contributed by atoms with van der Waals surface area (Å²) in [5, 5.41) is 7.47. The largest absolute Gasteiger partial charge is 0.438 e. The van der Waals surface area contributed by atoms with E-state index in [1.54, 1.807) is 38.1 Å². The van der Waals surface area contributed by atoms with Crippen LogP contribution in [0.25, 0.3) is 0 Å². The van der Waals surface area contributed by atoms with E-state index in [0.29, 0.717) is 16.9 Å². The van der Waals surface area contributed by atoms with Crippen LogP contribution in [0.2, 0.25) is 0 Å². The van der Waals surface area contributed by atoms with E-state index in [0.717, 1.165) is 5.69 Å². The lowest BCUT2D eigenvalue weighted by Gasteiger charge is -2.10. The van der Waals surface area contributed by atoms with Crippen LogP contribution in [-0.2, 0) is 0 Å². The number of halogens is 1. The van der Waals surface area contributed by atoms with Gasteiger partial charge in [0.05, 0.1) is 5.56 Å². The zero-order valence-electron chi connectivity index (χ0n) is 10.7. The number of pyridine rings is 1. The average molecular weight is 259 g/mol. The molecular weight excluding hydrogens is 245 g/mol. The van der Waals surface area contributed by atoms with E-state index in [4.69, 9.17) is 15.9 Å². The van der Waals surface area contributed by atoms with Crippen LogP contribution in [0.4, 0.5) is 4.39 Å². The molecule has 2 rings (SSSR count). The minimum absolute atomic E-state index is 0.143. The molecule has 0 saturated heterocycles. The van der Waals surface area contributed by atoms with E-state index in [2.05, 4.69) is 4.98 Å². The SMILES string of the molecule is Cc1ccc(C(=N)N)c(Oc2ccc(C)c(F)c2)n1. The van der Waals surface area contributed by atoms with Crippen LogP contribution in [0.5, 0.6) is 11.6 Å². The molecule has 2 aromatic rings. The van der Waals surface area contributed by atoms with E-state index in [1.807, 2.05) is 0 Å². The van der Waals surface area contributed by atoms with Gasteiger partial charge in [-0.1, -0.05) is 6.07 Å². The summed E-state index contributed by atoms with van der Waals surface area (Å²) in [7, 11) is 0. The first-order valence-corrected chi connectivity index (χ1v) is 5.73. The number of aryl methyl sites for hydroxylation is 2. The van der Waals surface area contributed by atoms with E-state index < -0.39 is 0 Å². The quantitative estimate of drug-likeness (QED) is 0.657. The fraction of sp³-hybridized carbons (Fsp3) is 0.143. The van der Waals surface area contributed by atoms with Gasteiger partial charge in [-0.15, -0.1) is 0 Å². The summed E-state index contributed by atoms with van der Waals surface area (Å²) in [6.45, 7) is 3.47. The Morgan fingerprint density at radius 1 is 1.26 bits per heavy atom. The first-order valence-electron chi connectivity index (χ1n) is 5.73. The Morgan fingerprint density at radius 2 is 2.00 bits per heavy atom. The Morgan fingerprint density at radius 3 is 2.63 bits per heavy atom. The fourth-order valence-electron chi connectivity index (χ4n) is 1.56. The topological polar surface area (TPSA) is 72.0 Å². The monoisotopic (exact) mass is 259 g/mol. The minimum atomic E-state index is -0.352. The molecule has 5 heteroatoms. The summed E-state index contributed by atoms with van der Waals surface area (Å²) in [6.07, 6.45) is 0. The third kappa shape index (κ3) is 2.88. The molecule has 0 aliphatic heterocycles. The lowest BCUT2D eigenvalue weighted by Crippen LogP contribution is -2.13. The molecule has 0 unspecified atom stereocenters. The number of aromatic nitrogens is 1. The Balaban J connectivity index is 2.39. The standard InChI is InChI=1S/C14H14FN3O/c1-8-3-5-10(7-12(8)15)19-14-11(13(16)17)6-4-9(2)18-14/h3-7H,1-2H3,(H3,16,17). The molecule has 0 amide bonds. The summed E-state index contributed by atoms with van der Waals surface area (Å²) in [5.41, 5.74) is 7.11. The van der Waals surface area contributed by atoms with Crippen molar-refractivity contribution in [1.29, 1.82) is 5.41 Å². The summed E-state index contributed by atoms with van der Waals surface area (Å²) in [6, 6.07) is 7.94. The van der Waals surface area contributed by atoms with Crippen molar-refractivity contribution < 1.29 is 9.13 Å². The highest BCUT2D eigenvalue weighted by Crippen LogP contribution is 2.25. The molecule has 98 valence electrons. The normalized spacial score (nSPS) is 10.3. The Bertz CT molecular complexity index is 641. The highest BCUT2D eigenvalue weighted by atomic mass is 19.1. The Kier molecular flexibility index (Phi) is 3.46. The van der Waals surface area contributed by atoms with Gasteiger partial charge in [-0.25, -0.2) is 9.37 Å².